The van der Waals surface area contributed by atoms with Crippen LogP contribution in [0.1, 0.15) is 22.3 Å². The Labute approximate surface area is 108 Å². The molecule has 2 rings (SSSR count). The van der Waals surface area contributed by atoms with Gasteiger partial charge in [0.15, 0.2) is 5.13 Å². The van der Waals surface area contributed by atoms with Gasteiger partial charge in [0.05, 0.1) is 6.54 Å². The molecule has 0 radical (unpaired) electrons. The van der Waals surface area contributed by atoms with Crippen molar-refractivity contribution in [2.45, 2.75) is 13.5 Å². The highest BCUT2D eigenvalue weighted by atomic mass is 32.1. The summed E-state index contributed by atoms with van der Waals surface area (Å²) >= 11 is 2.94. The molecular formula is C11H13N3OS2. The van der Waals surface area contributed by atoms with Gasteiger partial charge in [0.1, 0.15) is 5.69 Å². The van der Waals surface area contributed by atoms with Crippen molar-refractivity contribution in [1.29, 1.82) is 0 Å². The quantitative estimate of drug-likeness (QED) is 0.925. The highest BCUT2D eigenvalue weighted by molar-refractivity contribution is 7.13. The molecular weight excluding hydrogens is 254 g/mol. The lowest BCUT2D eigenvalue weighted by molar-refractivity contribution is 0.0749. The lowest BCUT2D eigenvalue weighted by atomic mass is 10.3. The van der Waals surface area contributed by atoms with Gasteiger partial charge in [-0.25, -0.2) is 4.98 Å². The van der Waals surface area contributed by atoms with Crippen LogP contribution in [-0.4, -0.2) is 22.3 Å². The van der Waals surface area contributed by atoms with Gasteiger partial charge in [0.2, 0.25) is 0 Å². The third kappa shape index (κ3) is 2.83. The second-order valence-corrected chi connectivity index (χ2v) is 5.39. The smallest absolute Gasteiger partial charge is 0.273 e. The fourth-order valence-corrected chi connectivity index (χ4v) is 2.72. The predicted octanol–water partition coefficient (Wildman–Crippen LogP) is 2.45. The van der Waals surface area contributed by atoms with Crippen molar-refractivity contribution < 1.29 is 4.79 Å². The van der Waals surface area contributed by atoms with Gasteiger partial charge in [0, 0.05) is 16.8 Å². The van der Waals surface area contributed by atoms with Crippen LogP contribution in [0.3, 0.4) is 0 Å². The van der Waals surface area contributed by atoms with E-state index >= 15 is 0 Å². The van der Waals surface area contributed by atoms with E-state index in [1.165, 1.54) is 16.2 Å². The van der Waals surface area contributed by atoms with E-state index < -0.39 is 0 Å². The molecule has 90 valence electrons. The Bertz CT molecular complexity index is 493. The zero-order valence-corrected chi connectivity index (χ0v) is 11.1. The zero-order chi connectivity index (χ0) is 12.3. The second-order valence-electron chi connectivity index (χ2n) is 3.47. The number of hydrogen-bond donors (Lipinski definition) is 1. The summed E-state index contributed by atoms with van der Waals surface area (Å²) in [6, 6.07) is 4.01. The maximum absolute atomic E-state index is 12.1. The Morgan fingerprint density at radius 2 is 2.35 bits per heavy atom. The normalized spacial score (nSPS) is 10.4. The van der Waals surface area contributed by atoms with Crippen LogP contribution in [-0.2, 0) is 6.54 Å². The number of thiophene rings is 1. The molecule has 2 aromatic rings. The van der Waals surface area contributed by atoms with Gasteiger partial charge < -0.3 is 10.6 Å². The number of nitrogens with zero attached hydrogens (tertiary/aromatic N) is 2. The van der Waals surface area contributed by atoms with E-state index in [4.69, 9.17) is 5.73 Å². The van der Waals surface area contributed by atoms with Crippen molar-refractivity contribution in [3.8, 4) is 0 Å². The number of carbonyl (C=O) groups is 1. The molecule has 0 aliphatic rings. The van der Waals surface area contributed by atoms with E-state index in [9.17, 15) is 4.79 Å². The van der Waals surface area contributed by atoms with E-state index in [0.717, 1.165) is 0 Å². The number of aromatic nitrogens is 1. The van der Waals surface area contributed by atoms with Crippen molar-refractivity contribution in [1.82, 2.24) is 9.88 Å². The van der Waals surface area contributed by atoms with Crippen molar-refractivity contribution in [3.63, 3.8) is 0 Å². The van der Waals surface area contributed by atoms with Crippen molar-refractivity contribution in [2.75, 3.05) is 12.3 Å². The van der Waals surface area contributed by atoms with Crippen molar-refractivity contribution in [2.24, 2.45) is 0 Å². The molecule has 1 amide bonds. The van der Waals surface area contributed by atoms with Crippen molar-refractivity contribution in [3.05, 3.63) is 33.5 Å². The minimum atomic E-state index is -0.0612. The molecule has 6 heteroatoms. The van der Waals surface area contributed by atoms with Crippen LogP contribution >= 0.6 is 22.7 Å². The van der Waals surface area contributed by atoms with Crippen LogP contribution < -0.4 is 5.73 Å². The van der Waals surface area contributed by atoms with E-state index in [-0.39, 0.29) is 5.91 Å². The molecule has 0 bridgehead atoms. The third-order valence-corrected chi connectivity index (χ3v) is 3.87. The summed E-state index contributed by atoms with van der Waals surface area (Å²) in [5, 5.41) is 4.14. The largest absolute Gasteiger partial charge is 0.375 e. The Morgan fingerprint density at radius 1 is 1.53 bits per heavy atom. The van der Waals surface area contributed by atoms with E-state index in [1.54, 1.807) is 21.6 Å². The van der Waals surface area contributed by atoms with E-state index in [1.807, 2.05) is 24.4 Å². The number of carbonyl (C=O) groups excluding carboxylic acids is 1. The topological polar surface area (TPSA) is 59.2 Å². The van der Waals surface area contributed by atoms with E-state index in [0.29, 0.717) is 23.9 Å². The molecule has 0 unspecified atom stereocenters. The fraction of sp³-hybridized carbons (Fsp3) is 0.273. The minimum absolute atomic E-state index is 0.0612. The third-order valence-electron chi connectivity index (χ3n) is 2.34. The van der Waals surface area contributed by atoms with Crippen LogP contribution in [0.15, 0.2) is 22.9 Å². The first-order chi connectivity index (χ1) is 8.20. The standard InChI is InChI=1S/C11H13N3OS2/c1-2-14(6-8-4-3-5-16-8)10(15)9-7-17-11(12)13-9/h3-5,7H,2,6H2,1H3,(H2,12,13). The van der Waals surface area contributed by atoms with Crippen LogP contribution in [0.2, 0.25) is 0 Å². The first-order valence-electron chi connectivity index (χ1n) is 5.23. The highest BCUT2D eigenvalue weighted by Gasteiger charge is 2.17. The van der Waals surface area contributed by atoms with Gasteiger partial charge >= 0.3 is 0 Å². The average molecular weight is 267 g/mol. The monoisotopic (exact) mass is 267 g/mol. The van der Waals surface area contributed by atoms with Crippen LogP contribution in [0, 0.1) is 0 Å². The predicted molar refractivity (Wildman–Crippen MR) is 71.3 cm³/mol. The summed E-state index contributed by atoms with van der Waals surface area (Å²) in [6.45, 7) is 3.25. The molecule has 0 saturated heterocycles. The lowest BCUT2D eigenvalue weighted by Crippen LogP contribution is -2.30. The fourth-order valence-electron chi connectivity index (χ4n) is 1.47. The van der Waals surface area contributed by atoms with Gasteiger partial charge in [-0.3, -0.25) is 4.79 Å². The number of nitrogens with two attached hydrogens (primary N) is 1. The Hall–Kier alpha value is -1.40. The van der Waals surface area contributed by atoms with Crippen LogP contribution in [0.25, 0.3) is 0 Å². The molecule has 2 aromatic heterocycles. The Balaban J connectivity index is 2.10. The van der Waals surface area contributed by atoms with Gasteiger partial charge in [-0.1, -0.05) is 6.07 Å². The SMILES string of the molecule is CCN(Cc1cccs1)C(=O)c1csc(N)n1. The summed E-state index contributed by atoms with van der Waals surface area (Å²) in [5.41, 5.74) is 5.97. The molecule has 2 heterocycles. The van der Waals surface area contributed by atoms with Gasteiger partial charge in [-0.15, -0.1) is 22.7 Å². The number of rotatable bonds is 4. The summed E-state index contributed by atoms with van der Waals surface area (Å²) in [5.74, 6) is -0.0612. The number of amides is 1. The summed E-state index contributed by atoms with van der Waals surface area (Å²) < 4.78 is 0. The molecule has 0 saturated carbocycles. The summed E-state index contributed by atoms with van der Waals surface area (Å²) in [6.07, 6.45) is 0. The highest BCUT2D eigenvalue weighted by Crippen LogP contribution is 2.16. The molecule has 0 fully saturated rings. The first-order valence-corrected chi connectivity index (χ1v) is 6.99. The summed E-state index contributed by atoms with van der Waals surface area (Å²) in [7, 11) is 0. The molecule has 17 heavy (non-hydrogen) atoms. The number of hydrogen-bond acceptors (Lipinski definition) is 5. The maximum atomic E-state index is 12.1. The van der Waals surface area contributed by atoms with Gasteiger partial charge in [0.25, 0.3) is 5.91 Å². The number of nitrogen functional groups attached to an aromatic ring is 1. The second kappa shape index (κ2) is 5.29. The van der Waals surface area contributed by atoms with Gasteiger partial charge in [-0.05, 0) is 18.4 Å². The molecule has 4 nitrogen and oxygen atoms in total. The van der Waals surface area contributed by atoms with Crippen molar-refractivity contribution >= 4 is 33.7 Å². The minimum Gasteiger partial charge on any atom is -0.375 e. The maximum Gasteiger partial charge on any atom is 0.273 e. The van der Waals surface area contributed by atoms with Crippen LogP contribution in [0.5, 0.6) is 0 Å². The number of thiazole rings is 1. The molecule has 0 aliphatic carbocycles. The Kier molecular flexibility index (Phi) is 3.75. The summed E-state index contributed by atoms with van der Waals surface area (Å²) in [4.78, 5) is 19.1. The van der Waals surface area contributed by atoms with E-state index in [2.05, 4.69) is 4.98 Å². The molecule has 0 spiro atoms. The molecule has 0 atom stereocenters. The first kappa shape index (κ1) is 12.1. The van der Waals surface area contributed by atoms with Crippen LogP contribution in [0.4, 0.5) is 5.13 Å². The number of anilines is 1. The van der Waals surface area contributed by atoms with Gasteiger partial charge in [-0.2, -0.15) is 0 Å². The molecule has 2 N–H and O–H groups in total. The average Bonchev–Trinajstić information content (AvgIpc) is 2.96. The Morgan fingerprint density at radius 3 is 2.88 bits per heavy atom. The lowest BCUT2D eigenvalue weighted by Gasteiger charge is -2.18. The molecule has 0 aromatic carbocycles. The molecule has 0 aliphatic heterocycles. The zero-order valence-electron chi connectivity index (χ0n) is 9.42.